The molecule has 0 rings (SSSR count). The molecule has 3 heteroatoms. The molecule has 0 saturated carbocycles. The maximum absolute atomic E-state index is 11.4. The topological polar surface area (TPSA) is 17.1 Å². The summed E-state index contributed by atoms with van der Waals surface area (Å²) in [6, 6.07) is 0. The first-order valence-corrected chi connectivity index (χ1v) is 12.7. The molecule has 0 aromatic heterocycles. The van der Waals surface area contributed by atoms with Crippen LogP contribution in [0.1, 0.15) is 12.8 Å². The van der Waals surface area contributed by atoms with Gasteiger partial charge in [-0.15, -0.1) is 17.0 Å². The Kier molecular flexibility index (Phi) is 5.79. The molecule has 16 heavy (non-hydrogen) atoms. The summed E-state index contributed by atoms with van der Waals surface area (Å²) in [6.45, 7) is 13.0. The van der Waals surface area contributed by atoms with E-state index in [9.17, 15) is 4.79 Å². The van der Waals surface area contributed by atoms with Crippen LogP contribution in [0.4, 0.5) is 0 Å². The third-order valence-corrected chi connectivity index (χ3v) is 3.32. The highest BCUT2D eigenvalue weighted by molar-refractivity contribution is 6.84. The Balaban J connectivity index is 4.08. The van der Waals surface area contributed by atoms with Crippen molar-refractivity contribution in [3.63, 3.8) is 0 Å². The molecule has 0 saturated heterocycles. The Morgan fingerprint density at radius 3 is 1.88 bits per heavy atom. The van der Waals surface area contributed by atoms with Crippen molar-refractivity contribution in [2.75, 3.05) is 0 Å². The number of carbonyl (C=O) groups excluding carboxylic acids is 1. The molecule has 0 atom stereocenters. The highest BCUT2D eigenvalue weighted by Crippen LogP contribution is 1.99. The quantitative estimate of drug-likeness (QED) is 0.544. The number of carbonyl (C=O) groups is 1. The Labute approximate surface area is 102 Å². The van der Waals surface area contributed by atoms with Crippen LogP contribution in [0.25, 0.3) is 0 Å². The first-order valence-electron chi connectivity index (χ1n) is 5.66. The minimum absolute atomic E-state index is 0.0345. The lowest BCUT2D eigenvalue weighted by Gasteiger charge is -2.03. The van der Waals surface area contributed by atoms with E-state index in [0.717, 1.165) is 0 Å². The molecule has 0 aliphatic heterocycles. The maximum Gasteiger partial charge on any atom is 0.205 e. The fraction of sp³-hybridized carbons (Fsp3) is 0.615. The molecule has 0 unspecified atom stereocenters. The Morgan fingerprint density at radius 2 is 1.44 bits per heavy atom. The van der Waals surface area contributed by atoms with E-state index in [-0.39, 0.29) is 5.78 Å². The van der Waals surface area contributed by atoms with Gasteiger partial charge in [0.25, 0.3) is 0 Å². The van der Waals surface area contributed by atoms with Crippen LogP contribution in [0.5, 0.6) is 0 Å². The Hall–Kier alpha value is -0.776. The van der Waals surface area contributed by atoms with E-state index in [4.69, 9.17) is 0 Å². The van der Waals surface area contributed by atoms with E-state index in [0.29, 0.717) is 12.8 Å². The lowest BCUT2D eigenvalue weighted by atomic mass is 10.2. The molecule has 0 aliphatic rings. The van der Waals surface area contributed by atoms with Gasteiger partial charge in [0.05, 0.1) is 0 Å². The molecule has 0 spiro atoms. The van der Waals surface area contributed by atoms with Gasteiger partial charge in [0.2, 0.25) is 5.78 Å². The molecule has 0 fully saturated rings. The number of ketones is 1. The van der Waals surface area contributed by atoms with Crippen LogP contribution in [0.3, 0.4) is 0 Å². The first-order chi connectivity index (χ1) is 7.10. The summed E-state index contributed by atoms with van der Waals surface area (Å²) in [7, 11) is -2.69. The van der Waals surface area contributed by atoms with Crippen LogP contribution in [0.15, 0.2) is 0 Å². The normalized spacial score (nSPS) is 10.9. The summed E-state index contributed by atoms with van der Waals surface area (Å²) in [6.07, 6.45) is 1.14. The predicted molar refractivity (Wildman–Crippen MR) is 76.5 cm³/mol. The van der Waals surface area contributed by atoms with Gasteiger partial charge in [-0.1, -0.05) is 39.3 Å². The third kappa shape index (κ3) is 11.3. The van der Waals surface area contributed by atoms with Crippen molar-refractivity contribution in [3.8, 4) is 22.9 Å². The van der Waals surface area contributed by atoms with E-state index < -0.39 is 16.1 Å². The fourth-order valence-electron chi connectivity index (χ4n) is 0.823. The van der Waals surface area contributed by atoms with E-state index in [2.05, 4.69) is 62.2 Å². The maximum atomic E-state index is 11.4. The Morgan fingerprint density at radius 1 is 0.938 bits per heavy atom. The van der Waals surface area contributed by atoms with Crippen molar-refractivity contribution in [1.29, 1.82) is 0 Å². The lowest BCUT2D eigenvalue weighted by Crippen LogP contribution is -2.17. The molecule has 1 nitrogen and oxygen atoms in total. The number of hydrogen-bond donors (Lipinski definition) is 0. The second kappa shape index (κ2) is 6.08. The second-order valence-electron chi connectivity index (χ2n) is 5.97. The van der Waals surface area contributed by atoms with Gasteiger partial charge in [-0.05, 0) is 5.92 Å². The van der Waals surface area contributed by atoms with E-state index in [1.165, 1.54) is 0 Å². The van der Waals surface area contributed by atoms with E-state index >= 15 is 0 Å². The molecule has 0 aromatic rings. The molecule has 0 radical (unpaired) electrons. The zero-order valence-corrected chi connectivity index (χ0v) is 13.3. The smallest absolute Gasteiger partial charge is 0.205 e. The molecule has 0 N–H and O–H groups in total. The first kappa shape index (κ1) is 15.2. The molecule has 0 amide bonds. The summed E-state index contributed by atoms with van der Waals surface area (Å²) in [5.41, 5.74) is 6.33. The van der Waals surface area contributed by atoms with Crippen molar-refractivity contribution in [2.24, 2.45) is 0 Å². The predicted octanol–water partition coefficient (Wildman–Crippen LogP) is 3.10. The van der Waals surface area contributed by atoms with Crippen LogP contribution in [0.2, 0.25) is 39.3 Å². The molecule has 0 aromatic carbocycles. The number of Topliss-reactive ketones (excluding diaryl/α,β-unsaturated/α-hetero) is 1. The molecule has 0 bridgehead atoms. The second-order valence-corrected chi connectivity index (χ2v) is 15.5. The summed E-state index contributed by atoms with van der Waals surface area (Å²) in [5, 5.41) is 0. The van der Waals surface area contributed by atoms with Gasteiger partial charge >= 0.3 is 0 Å². The fourth-order valence-corrected chi connectivity index (χ4v) is 1.99. The van der Waals surface area contributed by atoms with Crippen molar-refractivity contribution in [1.82, 2.24) is 0 Å². The minimum atomic E-state index is -1.41. The SMILES string of the molecule is C[Si](C)(C)C#CCCC(=O)C#C[Si](C)(C)C. The molecule has 88 valence electrons. The standard InChI is InChI=1S/C13H22OSi2/c1-15(2,3)11-8-7-9-13(14)10-12-16(4,5)6/h7,9H2,1-6H3. The van der Waals surface area contributed by atoms with Gasteiger partial charge in [0.15, 0.2) is 0 Å². The van der Waals surface area contributed by atoms with Crippen LogP contribution in [-0.4, -0.2) is 21.9 Å². The molecular weight excluding hydrogens is 228 g/mol. The van der Waals surface area contributed by atoms with Crippen LogP contribution >= 0.6 is 0 Å². The highest BCUT2D eigenvalue weighted by atomic mass is 28.3. The van der Waals surface area contributed by atoms with Crippen molar-refractivity contribution < 1.29 is 4.79 Å². The van der Waals surface area contributed by atoms with Gasteiger partial charge < -0.3 is 0 Å². The summed E-state index contributed by atoms with van der Waals surface area (Å²) in [5.74, 6) is 5.86. The minimum Gasteiger partial charge on any atom is -0.285 e. The zero-order chi connectivity index (χ0) is 12.8. The highest BCUT2D eigenvalue weighted by Gasteiger charge is 2.09. The van der Waals surface area contributed by atoms with E-state index in [1.54, 1.807) is 0 Å². The number of hydrogen-bond acceptors (Lipinski definition) is 1. The summed E-state index contributed by atoms with van der Waals surface area (Å²) >= 11 is 0. The monoisotopic (exact) mass is 250 g/mol. The van der Waals surface area contributed by atoms with Crippen molar-refractivity contribution >= 4 is 21.9 Å². The van der Waals surface area contributed by atoms with Crippen LogP contribution in [-0.2, 0) is 4.79 Å². The number of rotatable bonds is 2. The van der Waals surface area contributed by atoms with Gasteiger partial charge in [-0.3, -0.25) is 4.79 Å². The Bertz CT molecular complexity index is 361. The molecular formula is C13H22OSi2. The van der Waals surface area contributed by atoms with Crippen molar-refractivity contribution in [3.05, 3.63) is 0 Å². The van der Waals surface area contributed by atoms with Gasteiger partial charge in [0, 0.05) is 12.8 Å². The van der Waals surface area contributed by atoms with Gasteiger partial charge in [-0.2, -0.15) is 0 Å². The zero-order valence-electron chi connectivity index (χ0n) is 11.3. The average molecular weight is 250 g/mol. The van der Waals surface area contributed by atoms with Crippen LogP contribution < -0.4 is 0 Å². The lowest BCUT2D eigenvalue weighted by molar-refractivity contribution is -0.113. The molecule has 0 heterocycles. The van der Waals surface area contributed by atoms with E-state index in [1.807, 2.05) is 0 Å². The van der Waals surface area contributed by atoms with Gasteiger partial charge in [0.1, 0.15) is 16.1 Å². The van der Waals surface area contributed by atoms with Crippen molar-refractivity contribution in [2.45, 2.75) is 52.1 Å². The summed E-state index contributed by atoms with van der Waals surface area (Å²) in [4.78, 5) is 11.4. The summed E-state index contributed by atoms with van der Waals surface area (Å²) < 4.78 is 0. The average Bonchev–Trinajstić information content (AvgIpc) is 2.06. The van der Waals surface area contributed by atoms with Gasteiger partial charge in [-0.25, -0.2) is 0 Å². The molecule has 0 aliphatic carbocycles. The van der Waals surface area contributed by atoms with Crippen LogP contribution in [0, 0.1) is 22.9 Å². The largest absolute Gasteiger partial charge is 0.285 e. The third-order valence-electron chi connectivity index (χ3n) is 1.52.